The number of hydrogen-bond donors (Lipinski definition) is 0. The number of hydrogen-bond acceptors (Lipinski definition) is 1. The van der Waals surface area contributed by atoms with Gasteiger partial charge in [0.2, 0.25) is 0 Å². The van der Waals surface area contributed by atoms with Gasteiger partial charge in [0.1, 0.15) is 5.75 Å². The van der Waals surface area contributed by atoms with E-state index >= 15 is 0 Å². The number of benzene rings is 1. The average Bonchev–Trinajstić information content (AvgIpc) is 2.30. The maximum absolute atomic E-state index is 13.7. The van der Waals surface area contributed by atoms with Crippen LogP contribution in [0.4, 0.5) is 8.78 Å². The predicted molar refractivity (Wildman–Crippen MR) is 65.3 cm³/mol. The molecule has 1 aromatic carbocycles. The van der Waals surface area contributed by atoms with E-state index in [1.807, 2.05) is 0 Å². The fourth-order valence-corrected chi connectivity index (χ4v) is 1.61. The molecule has 0 aliphatic heterocycles. The minimum absolute atomic E-state index is 0.222. The summed E-state index contributed by atoms with van der Waals surface area (Å²) in [5, 5.41) is 0. The molecule has 0 aliphatic carbocycles. The molecule has 0 amide bonds. The zero-order chi connectivity index (χ0) is 12.7. The number of rotatable bonds is 7. The molecule has 0 aliphatic rings. The molecule has 1 rings (SSSR count). The third-order valence-electron chi connectivity index (χ3n) is 2.81. The van der Waals surface area contributed by atoms with Crippen LogP contribution in [-0.4, -0.2) is 6.11 Å². The molecular weight excluding hydrogens is 222 g/mol. The highest BCUT2D eigenvalue weighted by atomic mass is 19.3. The van der Waals surface area contributed by atoms with E-state index in [4.69, 9.17) is 4.74 Å². The van der Waals surface area contributed by atoms with Gasteiger partial charge in [0.25, 0.3) is 0 Å². The van der Waals surface area contributed by atoms with Gasteiger partial charge in [-0.05, 0) is 18.6 Å². The van der Waals surface area contributed by atoms with E-state index in [0.717, 1.165) is 19.3 Å². The van der Waals surface area contributed by atoms with E-state index in [2.05, 4.69) is 6.92 Å². The fraction of sp³-hybridized carbons (Fsp3) is 0.571. The Balaban J connectivity index is 2.49. The highest BCUT2D eigenvalue weighted by Crippen LogP contribution is 2.31. The van der Waals surface area contributed by atoms with Crippen LogP contribution in [-0.2, 0) is 0 Å². The predicted octanol–water partition coefficient (Wildman–Crippen LogP) is 4.87. The van der Waals surface area contributed by atoms with Gasteiger partial charge in [-0.2, -0.15) is 8.78 Å². The summed E-state index contributed by atoms with van der Waals surface area (Å²) >= 11 is 0. The van der Waals surface area contributed by atoms with Crippen molar-refractivity contribution >= 4 is 0 Å². The smallest absolute Gasteiger partial charge is 0.400 e. The van der Waals surface area contributed by atoms with E-state index in [-0.39, 0.29) is 5.75 Å². The topological polar surface area (TPSA) is 9.23 Å². The lowest BCUT2D eigenvalue weighted by Gasteiger charge is -2.24. The summed E-state index contributed by atoms with van der Waals surface area (Å²) in [7, 11) is 0. The maximum Gasteiger partial charge on any atom is 0.400 e. The summed E-state index contributed by atoms with van der Waals surface area (Å²) in [5.74, 6) is -0.533. The normalized spacial score (nSPS) is 13.4. The number of para-hydroxylation sites is 1. The maximum atomic E-state index is 13.7. The zero-order valence-corrected chi connectivity index (χ0v) is 10.5. The van der Waals surface area contributed by atoms with Crippen LogP contribution < -0.4 is 4.74 Å². The monoisotopic (exact) mass is 242 g/mol. The van der Waals surface area contributed by atoms with Gasteiger partial charge in [-0.25, -0.2) is 0 Å². The lowest BCUT2D eigenvalue weighted by molar-refractivity contribution is -0.213. The second kappa shape index (κ2) is 6.58. The second-order valence-corrected chi connectivity index (χ2v) is 4.37. The van der Waals surface area contributed by atoms with E-state index in [1.54, 1.807) is 37.3 Å². The molecule has 1 unspecified atom stereocenters. The van der Waals surface area contributed by atoms with Gasteiger partial charge in [-0.3, -0.25) is 0 Å². The first kappa shape index (κ1) is 13.9. The van der Waals surface area contributed by atoms with Crippen molar-refractivity contribution in [3.63, 3.8) is 0 Å². The summed E-state index contributed by atoms with van der Waals surface area (Å²) in [6.45, 7) is 3.60. The molecule has 96 valence electrons. The van der Waals surface area contributed by atoms with Gasteiger partial charge in [-0.1, -0.05) is 51.3 Å². The Morgan fingerprint density at radius 3 is 2.41 bits per heavy atom. The molecule has 17 heavy (non-hydrogen) atoms. The second-order valence-electron chi connectivity index (χ2n) is 4.37. The Morgan fingerprint density at radius 1 is 1.18 bits per heavy atom. The van der Waals surface area contributed by atoms with Crippen LogP contribution in [0.25, 0.3) is 0 Å². The Hall–Kier alpha value is -1.12. The SMILES string of the molecule is CCCCCC(C)C(F)(F)Oc1ccccc1. The quantitative estimate of drug-likeness (QED) is 0.619. The van der Waals surface area contributed by atoms with Crippen molar-refractivity contribution in [2.24, 2.45) is 5.92 Å². The highest BCUT2D eigenvalue weighted by Gasteiger charge is 2.38. The van der Waals surface area contributed by atoms with Crippen LogP contribution >= 0.6 is 0 Å². The summed E-state index contributed by atoms with van der Waals surface area (Å²) in [6.07, 6.45) is 0.262. The van der Waals surface area contributed by atoms with Gasteiger partial charge in [0.15, 0.2) is 0 Å². The third-order valence-corrected chi connectivity index (χ3v) is 2.81. The van der Waals surface area contributed by atoms with Crippen LogP contribution in [0.3, 0.4) is 0 Å². The van der Waals surface area contributed by atoms with Crippen molar-refractivity contribution in [2.45, 2.75) is 45.6 Å². The lowest BCUT2D eigenvalue weighted by atomic mass is 10.0. The summed E-state index contributed by atoms with van der Waals surface area (Å²) in [5.41, 5.74) is 0. The van der Waals surface area contributed by atoms with Crippen LogP contribution in [0.15, 0.2) is 30.3 Å². The summed E-state index contributed by atoms with van der Waals surface area (Å²) in [6, 6.07) is 8.25. The first-order chi connectivity index (χ1) is 8.06. The Bertz CT molecular complexity index is 311. The number of unbranched alkanes of at least 4 members (excludes halogenated alkanes) is 2. The number of ether oxygens (including phenoxy) is 1. The molecule has 1 atom stereocenters. The largest absolute Gasteiger partial charge is 0.432 e. The van der Waals surface area contributed by atoms with Crippen molar-refractivity contribution in [3.05, 3.63) is 30.3 Å². The van der Waals surface area contributed by atoms with E-state index in [0.29, 0.717) is 6.42 Å². The molecule has 0 spiro atoms. The molecule has 0 N–H and O–H groups in total. The summed E-state index contributed by atoms with van der Waals surface area (Å²) < 4.78 is 32.2. The zero-order valence-electron chi connectivity index (χ0n) is 10.5. The fourth-order valence-electron chi connectivity index (χ4n) is 1.61. The van der Waals surface area contributed by atoms with E-state index in [1.165, 1.54) is 0 Å². The van der Waals surface area contributed by atoms with E-state index < -0.39 is 12.0 Å². The first-order valence-electron chi connectivity index (χ1n) is 6.18. The minimum atomic E-state index is -3.09. The third kappa shape index (κ3) is 4.72. The molecule has 0 saturated carbocycles. The molecule has 0 fully saturated rings. The lowest BCUT2D eigenvalue weighted by Crippen LogP contribution is -2.32. The summed E-state index contributed by atoms with van der Waals surface area (Å²) in [4.78, 5) is 0. The standard InChI is InChI=1S/C14H20F2O/c1-3-4-6-9-12(2)14(15,16)17-13-10-7-5-8-11-13/h5,7-8,10-12H,3-4,6,9H2,1-2H3. The van der Waals surface area contributed by atoms with Gasteiger partial charge in [0.05, 0.1) is 5.92 Å². The molecule has 0 radical (unpaired) electrons. The molecule has 0 heterocycles. The van der Waals surface area contributed by atoms with Gasteiger partial charge in [0, 0.05) is 0 Å². The minimum Gasteiger partial charge on any atom is -0.432 e. The van der Waals surface area contributed by atoms with Crippen molar-refractivity contribution in [1.82, 2.24) is 0 Å². The van der Waals surface area contributed by atoms with Gasteiger partial charge in [-0.15, -0.1) is 0 Å². The van der Waals surface area contributed by atoms with Crippen molar-refractivity contribution < 1.29 is 13.5 Å². The van der Waals surface area contributed by atoms with Crippen LogP contribution in [0.2, 0.25) is 0 Å². The Labute approximate surface area is 102 Å². The van der Waals surface area contributed by atoms with Gasteiger partial charge < -0.3 is 4.74 Å². The number of halogens is 2. The van der Waals surface area contributed by atoms with Crippen molar-refractivity contribution in [2.75, 3.05) is 0 Å². The molecule has 0 saturated heterocycles. The highest BCUT2D eigenvalue weighted by molar-refractivity contribution is 5.21. The molecular formula is C14H20F2O. The Kier molecular flexibility index (Phi) is 5.39. The van der Waals surface area contributed by atoms with Gasteiger partial charge >= 0.3 is 6.11 Å². The molecule has 1 aromatic rings. The average molecular weight is 242 g/mol. The molecule has 1 nitrogen and oxygen atoms in total. The van der Waals surface area contributed by atoms with Crippen molar-refractivity contribution in [1.29, 1.82) is 0 Å². The first-order valence-corrected chi connectivity index (χ1v) is 6.18. The van der Waals surface area contributed by atoms with E-state index in [9.17, 15) is 8.78 Å². The van der Waals surface area contributed by atoms with Crippen molar-refractivity contribution in [3.8, 4) is 5.75 Å². The number of alkyl halides is 2. The molecule has 0 aromatic heterocycles. The molecule has 3 heteroatoms. The Morgan fingerprint density at radius 2 is 1.82 bits per heavy atom. The van der Waals surface area contributed by atoms with Crippen LogP contribution in [0.1, 0.15) is 39.5 Å². The van der Waals surface area contributed by atoms with Crippen LogP contribution in [0, 0.1) is 5.92 Å². The molecule has 0 bridgehead atoms. The van der Waals surface area contributed by atoms with Crippen LogP contribution in [0.5, 0.6) is 5.75 Å².